The summed E-state index contributed by atoms with van der Waals surface area (Å²) in [4.78, 5) is 4.46. The minimum absolute atomic E-state index is 0.0760. The second-order valence-electron chi connectivity index (χ2n) is 5.19. The Morgan fingerprint density at radius 1 is 1.29 bits per heavy atom. The van der Waals surface area contributed by atoms with Gasteiger partial charge in [-0.15, -0.1) is 0 Å². The standard InChI is InChI=1S/C14H15BrFN/c1-14(2,3)12-7-9(8-15)10-5-4-6-11(16)13(10)17-12/h4-7H,8H2,1-3H3. The SMILES string of the molecule is CC(C)(C)c1cc(CBr)c2cccc(F)c2n1. The van der Waals surface area contributed by atoms with Crippen LogP contribution in [-0.2, 0) is 10.7 Å². The van der Waals surface area contributed by atoms with Gasteiger partial charge in [0.15, 0.2) is 0 Å². The summed E-state index contributed by atoms with van der Waals surface area (Å²) in [7, 11) is 0. The van der Waals surface area contributed by atoms with Crippen molar-refractivity contribution in [2.75, 3.05) is 0 Å². The molecule has 0 spiro atoms. The average Bonchev–Trinajstić information content (AvgIpc) is 2.27. The lowest BCUT2D eigenvalue weighted by atomic mass is 9.90. The first kappa shape index (κ1) is 12.5. The van der Waals surface area contributed by atoms with E-state index in [1.54, 1.807) is 6.07 Å². The molecule has 0 radical (unpaired) electrons. The Morgan fingerprint density at radius 3 is 2.59 bits per heavy atom. The lowest BCUT2D eigenvalue weighted by molar-refractivity contribution is 0.568. The molecule has 0 N–H and O–H groups in total. The second kappa shape index (κ2) is 4.37. The molecule has 17 heavy (non-hydrogen) atoms. The Bertz CT molecular complexity index is 558. The molecule has 90 valence electrons. The highest BCUT2D eigenvalue weighted by Crippen LogP contribution is 2.28. The van der Waals surface area contributed by atoms with Crippen LogP contribution in [0.5, 0.6) is 0 Å². The first-order valence-corrected chi connectivity index (χ1v) is 6.70. The topological polar surface area (TPSA) is 12.9 Å². The second-order valence-corrected chi connectivity index (χ2v) is 5.75. The van der Waals surface area contributed by atoms with Crippen molar-refractivity contribution in [1.82, 2.24) is 4.98 Å². The van der Waals surface area contributed by atoms with Gasteiger partial charge in [0.05, 0.1) is 0 Å². The molecule has 1 nitrogen and oxygen atoms in total. The van der Waals surface area contributed by atoms with E-state index in [1.165, 1.54) is 6.07 Å². The van der Waals surface area contributed by atoms with Crippen LogP contribution in [0.2, 0.25) is 0 Å². The third kappa shape index (κ3) is 2.34. The summed E-state index contributed by atoms with van der Waals surface area (Å²) in [6.45, 7) is 6.25. The summed E-state index contributed by atoms with van der Waals surface area (Å²) in [5.74, 6) is -0.254. The number of rotatable bonds is 1. The molecule has 1 aromatic carbocycles. The fourth-order valence-corrected chi connectivity index (χ4v) is 2.24. The number of pyridine rings is 1. The van der Waals surface area contributed by atoms with E-state index in [4.69, 9.17) is 0 Å². The van der Waals surface area contributed by atoms with Gasteiger partial charge in [0.25, 0.3) is 0 Å². The quantitative estimate of drug-likeness (QED) is 0.703. The van der Waals surface area contributed by atoms with E-state index < -0.39 is 0 Å². The Labute approximate surface area is 109 Å². The van der Waals surface area contributed by atoms with Gasteiger partial charge in [-0.25, -0.2) is 9.37 Å². The molecule has 0 fully saturated rings. The summed E-state index contributed by atoms with van der Waals surface area (Å²) >= 11 is 3.45. The zero-order valence-corrected chi connectivity index (χ0v) is 11.8. The third-order valence-corrected chi connectivity index (χ3v) is 3.39. The Kier molecular flexibility index (Phi) is 3.21. The molecule has 3 heteroatoms. The predicted molar refractivity (Wildman–Crippen MR) is 73.0 cm³/mol. The van der Waals surface area contributed by atoms with E-state index in [9.17, 15) is 4.39 Å². The lowest BCUT2D eigenvalue weighted by Crippen LogP contribution is -2.14. The van der Waals surface area contributed by atoms with Gasteiger partial charge in [-0.05, 0) is 17.7 Å². The molecule has 0 amide bonds. The van der Waals surface area contributed by atoms with E-state index in [0.717, 1.165) is 16.6 Å². The zero-order chi connectivity index (χ0) is 12.6. The smallest absolute Gasteiger partial charge is 0.149 e. The highest BCUT2D eigenvalue weighted by molar-refractivity contribution is 9.08. The van der Waals surface area contributed by atoms with Crippen molar-refractivity contribution in [3.8, 4) is 0 Å². The fraction of sp³-hybridized carbons (Fsp3) is 0.357. The molecule has 0 bridgehead atoms. The molecular weight excluding hydrogens is 281 g/mol. The molecule has 0 atom stereocenters. The molecule has 1 aromatic heterocycles. The molecule has 0 saturated carbocycles. The van der Waals surface area contributed by atoms with Crippen LogP contribution in [0.15, 0.2) is 24.3 Å². The third-order valence-electron chi connectivity index (χ3n) is 2.79. The number of nitrogens with zero attached hydrogens (tertiary/aromatic N) is 1. The minimum atomic E-state index is -0.254. The Hall–Kier alpha value is -0.960. The van der Waals surface area contributed by atoms with Crippen molar-refractivity contribution in [3.63, 3.8) is 0 Å². The number of halogens is 2. The molecule has 0 aliphatic heterocycles. The number of para-hydroxylation sites is 1. The van der Waals surface area contributed by atoms with Gasteiger partial charge in [0.1, 0.15) is 11.3 Å². The van der Waals surface area contributed by atoms with Gasteiger partial charge in [0, 0.05) is 21.8 Å². The van der Waals surface area contributed by atoms with Crippen LogP contribution >= 0.6 is 15.9 Å². The van der Waals surface area contributed by atoms with Crippen molar-refractivity contribution in [2.45, 2.75) is 31.5 Å². The zero-order valence-electron chi connectivity index (χ0n) is 10.2. The normalized spacial score (nSPS) is 12.1. The highest BCUT2D eigenvalue weighted by atomic mass is 79.9. The number of fused-ring (bicyclic) bond motifs is 1. The minimum Gasteiger partial charge on any atom is -0.249 e. The predicted octanol–water partition coefficient (Wildman–Crippen LogP) is 4.57. The average molecular weight is 296 g/mol. The largest absolute Gasteiger partial charge is 0.249 e. The van der Waals surface area contributed by atoms with Gasteiger partial charge >= 0.3 is 0 Å². The van der Waals surface area contributed by atoms with E-state index in [-0.39, 0.29) is 11.2 Å². The highest BCUT2D eigenvalue weighted by Gasteiger charge is 2.18. The fourth-order valence-electron chi connectivity index (χ4n) is 1.78. The maximum Gasteiger partial charge on any atom is 0.149 e. The van der Waals surface area contributed by atoms with Crippen LogP contribution < -0.4 is 0 Å². The van der Waals surface area contributed by atoms with Crippen LogP contribution in [0.4, 0.5) is 4.39 Å². The maximum atomic E-state index is 13.8. The van der Waals surface area contributed by atoms with Crippen LogP contribution in [-0.4, -0.2) is 4.98 Å². The number of benzene rings is 1. The molecule has 0 unspecified atom stereocenters. The van der Waals surface area contributed by atoms with Gasteiger partial charge in [0.2, 0.25) is 0 Å². The summed E-state index contributed by atoms with van der Waals surface area (Å²) < 4.78 is 13.8. The van der Waals surface area contributed by atoms with E-state index in [0.29, 0.717) is 10.8 Å². The molecule has 1 heterocycles. The Morgan fingerprint density at radius 2 is 2.00 bits per heavy atom. The van der Waals surface area contributed by atoms with E-state index in [1.807, 2.05) is 6.07 Å². The van der Waals surface area contributed by atoms with E-state index in [2.05, 4.69) is 47.8 Å². The molecule has 2 aromatic rings. The van der Waals surface area contributed by atoms with Crippen LogP contribution in [0.25, 0.3) is 10.9 Å². The number of aromatic nitrogens is 1. The monoisotopic (exact) mass is 295 g/mol. The van der Waals surface area contributed by atoms with Crippen molar-refractivity contribution in [3.05, 3.63) is 41.3 Å². The molecule has 0 aliphatic carbocycles. The van der Waals surface area contributed by atoms with Gasteiger partial charge in [-0.2, -0.15) is 0 Å². The molecule has 2 rings (SSSR count). The molecule has 0 aliphatic rings. The molecular formula is C14H15BrFN. The summed E-state index contributed by atoms with van der Waals surface area (Å²) in [5, 5.41) is 1.59. The van der Waals surface area contributed by atoms with E-state index >= 15 is 0 Å². The van der Waals surface area contributed by atoms with Crippen LogP contribution in [0, 0.1) is 5.82 Å². The lowest BCUT2D eigenvalue weighted by Gasteiger charge is -2.19. The van der Waals surface area contributed by atoms with Crippen molar-refractivity contribution >= 4 is 26.8 Å². The van der Waals surface area contributed by atoms with Gasteiger partial charge in [-0.1, -0.05) is 48.8 Å². The van der Waals surface area contributed by atoms with Gasteiger partial charge in [-0.3, -0.25) is 0 Å². The van der Waals surface area contributed by atoms with Crippen LogP contribution in [0.1, 0.15) is 32.0 Å². The maximum absolute atomic E-state index is 13.8. The number of alkyl halides is 1. The van der Waals surface area contributed by atoms with Crippen LogP contribution in [0.3, 0.4) is 0 Å². The molecule has 0 saturated heterocycles. The Balaban J connectivity index is 2.81. The van der Waals surface area contributed by atoms with Gasteiger partial charge < -0.3 is 0 Å². The van der Waals surface area contributed by atoms with Crippen molar-refractivity contribution < 1.29 is 4.39 Å². The first-order valence-electron chi connectivity index (χ1n) is 5.58. The van der Waals surface area contributed by atoms with Crippen molar-refractivity contribution in [2.24, 2.45) is 0 Å². The summed E-state index contributed by atoms with van der Waals surface area (Å²) in [6, 6.07) is 7.15. The summed E-state index contributed by atoms with van der Waals surface area (Å²) in [6.07, 6.45) is 0. The number of hydrogen-bond donors (Lipinski definition) is 0. The first-order chi connectivity index (χ1) is 7.93. The summed E-state index contributed by atoms with van der Waals surface area (Å²) in [5.41, 5.74) is 2.39. The number of hydrogen-bond acceptors (Lipinski definition) is 1. The van der Waals surface area contributed by atoms with Crippen molar-refractivity contribution in [1.29, 1.82) is 0 Å².